The van der Waals surface area contributed by atoms with Crippen molar-refractivity contribution >= 4 is 23.6 Å². The third-order valence-corrected chi connectivity index (χ3v) is 11.4. The Bertz CT molecular complexity index is 1020. The van der Waals surface area contributed by atoms with Gasteiger partial charge in [0.2, 0.25) is 0 Å². The van der Waals surface area contributed by atoms with E-state index < -0.39 is 8.07 Å². The van der Waals surface area contributed by atoms with Crippen LogP contribution < -0.4 is 15.6 Å². The molecule has 3 aromatic carbocycles. The smallest absolute Gasteiger partial charge is 0.0776 e. The lowest BCUT2D eigenvalue weighted by Gasteiger charge is -2.37. The van der Waals surface area contributed by atoms with E-state index >= 15 is 0 Å². The molecule has 0 atom stereocenters. The molecule has 0 bridgehead atoms. The first-order valence-electron chi connectivity index (χ1n) is 10.5. The van der Waals surface area contributed by atoms with Gasteiger partial charge in [0.15, 0.2) is 8.07 Å². The molecule has 0 spiro atoms. The van der Waals surface area contributed by atoms with E-state index in [0.29, 0.717) is 0 Å². The van der Waals surface area contributed by atoms with Gasteiger partial charge in [-0.15, -0.1) is 0 Å². The topological polar surface area (TPSA) is 0 Å². The highest BCUT2D eigenvalue weighted by Crippen LogP contribution is 2.33. The van der Waals surface area contributed by atoms with E-state index in [2.05, 4.69) is 113 Å². The van der Waals surface area contributed by atoms with Gasteiger partial charge in [0.05, 0.1) is 0 Å². The standard InChI is InChI=1S/C28H30Si/c1-20-9-6-12-25(17-20)29(26-13-7-10-21(2)18-26,27-14-8-11-22(3)19-27)28-23(4)15-16-24(28)5/h6-15,17-19H,16H2,1-5H3. The maximum absolute atomic E-state index is 2.43. The van der Waals surface area contributed by atoms with Gasteiger partial charge in [-0.1, -0.05) is 107 Å². The molecule has 0 radical (unpaired) electrons. The zero-order chi connectivity index (χ0) is 20.6. The second-order valence-electron chi connectivity index (χ2n) is 8.61. The third-order valence-electron chi connectivity index (χ3n) is 6.26. The first kappa shape index (κ1) is 19.7. The van der Waals surface area contributed by atoms with Crippen LogP contribution in [0.5, 0.6) is 0 Å². The molecule has 0 nitrogen and oxygen atoms in total. The summed E-state index contributed by atoms with van der Waals surface area (Å²) in [6.07, 6.45) is 3.49. The van der Waals surface area contributed by atoms with Gasteiger partial charge in [-0.25, -0.2) is 0 Å². The molecule has 0 saturated heterocycles. The highest BCUT2D eigenvalue weighted by Gasteiger charge is 2.45. The fourth-order valence-corrected chi connectivity index (χ4v) is 10.7. The van der Waals surface area contributed by atoms with Gasteiger partial charge in [-0.05, 0) is 61.8 Å². The van der Waals surface area contributed by atoms with Crippen LogP contribution in [0, 0.1) is 20.8 Å². The first-order valence-corrected chi connectivity index (χ1v) is 12.5. The molecule has 0 fully saturated rings. The Morgan fingerprint density at radius 1 is 0.586 bits per heavy atom. The molecule has 0 unspecified atom stereocenters. The highest BCUT2D eigenvalue weighted by atomic mass is 28.3. The van der Waals surface area contributed by atoms with Gasteiger partial charge in [-0.2, -0.15) is 0 Å². The number of hydrogen-bond donors (Lipinski definition) is 0. The average Bonchev–Trinajstić information content (AvgIpc) is 3.02. The van der Waals surface area contributed by atoms with Gasteiger partial charge in [0, 0.05) is 0 Å². The minimum absolute atomic E-state index is 1.07. The van der Waals surface area contributed by atoms with Crippen molar-refractivity contribution in [3.05, 3.63) is 112 Å². The molecule has 146 valence electrons. The molecule has 1 heteroatoms. The van der Waals surface area contributed by atoms with Crippen LogP contribution in [-0.4, -0.2) is 8.07 Å². The van der Waals surface area contributed by atoms with Gasteiger partial charge in [0.1, 0.15) is 0 Å². The molecule has 4 rings (SSSR count). The number of benzene rings is 3. The van der Waals surface area contributed by atoms with Gasteiger partial charge in [0.25, 0.3) is 0 Å². The van der Waals surface area contributed by atoms with E-state index in [-0.39, 0.29) is 0 Å². The summed E-state index contributed by atoms with van der Waals surface area (Å²) >= 11 is 0. The fourth-order valence-electron chi connectivity index (χ4n) is 5.03. The molecule has 1 aliphatic rings. The van der Waals surface area contributed by atoms with Crippen molar-refractivity contribution in [1.82, 2.24) is 0 Å². The minimum Gasteiger partial charge on any atom is -0.0776 e. The van der Waals surface area contributed by atoms with Crippen LogP contribution in [0.15, 0.2) is 95.2 Å². The van der Waals surface area contributed by atoms with Crippen molar-refractivity contribution < 1.29 is 0 Å². The van der Waals surface area contributed by atoms with Crippen molar-refractivity contribution in [2.75, 3.05) is 0 Å². The molecule has 0 aliphatic heterocycles. The summed E-state index contributed by atoms with van der Waals surface area (Å²) in [5, 5.41) is 6.05. The molecular weight excluding hydrogens is 364 g/mol. The summed E-state index contributed by atoms with van der Waals surface area (Å²) in [6, 6.07) is 27.8. The Balaban J connectivity index is 2.20. The third kappa shape index (κ3) is 3.34. The largest absolute Gasteiger partial charge is 0.179 e. The highest BCUT2D eigenvalue weighted by molar-refractivity contribution is 7.16. The normalized spacial score (nSPS) is 14.3. The molecule has 0 N–H and O–H groups in total. The van der Waals surface area contributed by atoms with Crippen molar-refractivity contribution in [3.8, 4) is 0 Å². The number of hydrogen-bond acceptors (Lipinski definition) is 0. The number of rotatable bonds is 4. The Hall–Kier alpha value is -2.64. The summed E-state index contributed by atoms with van der Waals surface area (Å²) in [5.41, 5.74) is 6.98. The fraction of sp³-hybridized carbons (Fsp3) is 0.214. The quantitative estimate of drug-likeness (QED) is 0.417. The van der Waals surface area contributed by atoms with Crippen LogP contribution in [0.2, 0.25) is 0 Å². The van der Waals surface area contributed by atoms with E-state index in [0.717, 1.165) is 6.42 Å². The molecular formula is C28H30Si. The predicted octanol–water partition coefficient (Wildman–Crippen LogP) is 5.29. The average molecular weight is 395 g/mol. The van der Waals surface area contributed by atoms with Crippen molar-refractivity contribution in [1.29, 1.82) is 0 Å². The van der Waals surface area contributed by atoms with Crippen LogP contribution in [0.4, 0.5) is 0 Å². The van der Waals surface area contributed by atoms with E-state index in [4.69, 9.17) is 0 Å². The van der Waals surface area contributed by atoms with E-state index in [9.17, 15) is 0 Å². The second kappa shape index (κ2) is 7.65. The Morgan fingerprint density at radius 2 is 1.00 bits per heavy atom. The SMILES string of the molecule is CC1=CCC(C)=C1[Si](c1cccc(C)c1)(c1cccc(C)c1)c1cccc(C)c1. The molecule has 0 amide bonds. The monoisotopic (exact) mass is 394 g/mol. The molecule has 3 aromatic rings. The van der Waals surface area contributed by atoms with Crippen molar-refractivity contribution in [2.45, 2.75) is 41.0 Å². The van der Waals surface area contributed by atoms with E-state index in [1.54, 1.807) is 5.20 Å². The zero-order valence-electron chi connectivity index (χ0n) is 18.2. The van der Waals surface area contributed by atoms with Crippen LogP contribution in [-0.2, 0) is 0 Å². The summed E-state index contributed by atoms with van der Waals surface area (Å²) in [7, 11) is -2.40. The Kier molecular flexibility index (Phi) is 5.18. The molecule has 0 saturated carbocycles. The number of allylic oxidation sites excluding steroid dienone is 4. The van der Waals surface area contributed by atoms with Crippen molar-refractivity contribution in [2.24, 2.45) is 0 Å². The minimum atomic E-state index is -2.40. The summed E-state index contributed by atoms with van der Waals surface area (Å²) in [5.74, 6) is 0. The Labute approximate surface area is 176 Å². The van der Waals surface area contributed by atoms with E-state index in [1.165, 1.54) is 43.4 Å². The van der Waals surface area contributed by atoms with Crippen molar-refractivity contribution in [3.63, 3.8) is 0 Å². The van der Waals surface area contributed by atoms with Gasteiger partial charge >= 0.3 is 0 Å². The second-order valence-corrected chi connectivity index (χ2v) is 12.3. The predicted molar refractivity (Wildman–Crippen MR) is 129 cm³/mol. The summed E-state index contributed by atoms with van der Waals surface area (Å²) < 4.78 is 0. The Morgan fingerprint density at radius 3 is 1.31 bits per heavy atom. The van der Waals surface area contributed by atoms with E-state index in [1.807, 2.05) is 0 Å². The number of aryl methyl sites for hydroxylation is 3. The summed E-state index contributed by atoms with van der Waals surface area (Å²) in [4.78, 5) is 0. The molecule has 0 heterocycles. The lowest BCUT2D eigenvalue weighted by Crippen LogP contribution is -2.69. The zero-order valence-corrected chi connectivity index (χ0v) is 19.2. The summed E-state index contributed by atoms with van der Waals surface area (Å²) in [6.45, 7) is 11.3. The lowest BCUT2D eigenvalue weighted by atomic mass is 10.2. The van der Waals surface area contributed by atoms with Crippen LogP contribution in [0.1, 0.15) is 37.0 Å². The molecule has 0 aromatic heterocycles. The lowest BCUT2D eigenvalue weighted by molar-refractivity contribution is 1.24. The van der Waals surface area contributed by atoms with Crippen LogP contribution in [0.25, 0.3) is 0 Å². The maximum atomic E-state index is 2.43. The van der Waals surface area contributed by atoms with Crippen LogP contribution >= 0.6 is 0 Å². The molecule has 1 aliphatic carbocycles. The first-order chi connectivity index (χ1) is 13.9. The van der Waals surface area contributed by atoms with Crippen LogP contribution in [0.3, 0.4) is 0 Å². The maximum Gasteiger partial charge on any atom is 0.179 e. The molecule has 29 heavy (non-hydrogen) atoms. The van der Waals surface area contributed by atoms with Gasteiger partial charge < -0.3 is 0 Å². The van der Waals surface area contributed by atoms with Gasteiger partial charge in [-0.3, -0.25) is 0 Å².